The number of rotatable bonds is 3. The van der Waals surface area contributed by atoms with E-state index in [1.807, 2.05) is 0 Å². The summed E-state index contributed by atoms with van der Waals surface area (Å²) < 4.78 is 49.9. The highest BCUT2D eigenvalue weighted by molar-refractivity contribution is 7.92. The minimum atomic E-state index is -3.41. The highest BCUT2D eigenvalue weighted by Gasteiger charge is 2.34. The smallest absolute Gasteiger partial charge is 0.214 e. The van der Waals surface area contributed by atoms with Gasteiger partial charge in [0.1, 0.15) is 9.84 Å². The van der Waals surface area contributed by atoms with Crippen molar-refractivity contribution in [3.05, 3.63) is 0 Å². The Bertz CT molecular complexity index is 501. The molecule has 112 valence electrons. The van der Waals surface area contributed by atoms with Crippen LogP contribution in [-0.4, -0.2) is 52.7 Å². The second kappa shape index (κ2) is 5.67. The fourth-order valence-corrected chi connectivity index (χ4v) is 6.24. The van der Waals surface area contributed by atoms with E-state index >= 15 is 0 Å². The molecule has 0 saturated carbocycles. The Kier molecular flexibility index (Phi) is 4.54. The van der Waals surface area contributed by atoms with E-state index in [9.17, 15) is 16.8 Å². The van der Waals surface area contributed by atoms with Crippen molar-refractivity contribution in [3.8, 4) is 0 Å². The molecule has 2 rings (SSSR count). The third-order valence-corrected chi connectivity index (χ3v) is 7.57. The van der Waals surface area contributed by atoms with E-state index < -0.39 is 25.1 Å². The van der Waals surface area contributed by atoms with Crippen LogP contribution in [0.25, 0.3) is 0 Å². The SMILES string of the molecule is CC1CNCC(NS(=O)(=O)C2CCS(=O)(=O)CC2)C1. The molecule has 0 aromatic rings. The van der Waals surface area contributed by atoms with Crippen LogP contribution >= 0.6 is 0 Å². The molecule has 2 aliphatic rings. The van der Waals surface area contributed by atoms with Crippen LogP contribution in [0.15, 0.2) is 0 Å². The van der Waals surface area contributed by atoms with Gasteiger partial charge in [-0.2, -0.15) is 0 Å². The zero-order chi connectivity index (χ0) is 14.1. The van der Waals surface area contributed by atoms with Gasteiger partial charge in [-0.15, -0.1) is 0 Å². The summed E-state index contributed by atoms with van der Waals surface area (Å²) in [7, 11) is -6.43. The summed E-state index contributed by atoms with van der Waals surface area (Å²) in [6.45, 7) is 3.65. The molecular weight excluding hydrogens is 288 g/mol. The average Bonchev–Trinajstić information content (AvgIpc) is 2.27. The molecule has 2 saturated heterocycles. The largest absolute Gasteiger partial charge is 0.315 e. The highest BCUT2D eigenvalue weighted by atomic mass is 32.2. The van der Waals surface area contributed by atoms with Crippen molar-refractivity contribution in [2.45, 2.75) is 37.5 Å². The lowest BCUT2D eigenvalue weighted by atomic mass is 9.99. The molecule has 2 unspecified atom stereocenters. The molecule has 0 aromatic heterocycles. The van der Waals surface area contributed by atoms with E-state index in [0.717, 1.165) is 13.0 Å². The predicted molar refractivity (Wildman–Crippen MR) is 74.2 cm³/mol. The van der Waals surface area contributed by atoms with Gasteiger partial charge in [-0.1, -0.05) is 6.92 Å². The molecule has 0 radical (unpaired) electrons. The molecule has 0 aromatic carbocycles. The second-order valence-electron chi connectivity index (χ2n) is 5.71. The summed E-state index contributed by atoms with van der Waals surface area (Å²) in [6.07, 6.45) is 1.26. The number of sulfonamides is 1. The second-order valence-corrected chi connectivity index (χ2v) is 10.0. The zero-order valence-electron chi connectivity index (χ0n) is 11.1. The van der Waals surface area contributed by atoms with Crippen LogP contribution in [0.4, 0.5) is 0 Å². The lowest BCUT2D eigenvalue weighted by Gasteiger charge is -2.30. The van der Waals surface area contributed by atoms with Crippen LogP contribution in [0.5, 0.6) is 0 Å². The van der Waals surface area contributed by atoms with Crippen LogP contribution < -0.4 is 10.0 Å². The van der Waals surface area contributed by atoms with Gasteiger partial charge in [0, 0.05) is 12.6 Å². The summed E-state index contributed by atoms with van der Waals surface area (Å²) >= 11 is 0. The van der Waals surface area contributed by atoms with Gasteiger partial charge in [0.2, 0.25) is 10.0 Å². The summed E-state index contributed by atoms with van der Waals surface area (Å²) in [4.78, 5) is 0. The number of piperidine rings is 1. The van der Waals surface area contributed by atoms with Crippen molar-refractivity contribution in [2.24, 2.45) is 5.92 Å². The molecule has 0 amide bonds. The van der Waals surface area contributed by atoms with Crippen molar-refractivity contribution >= 4 is 19.9 Å². The number of hydrogen-bond donors (Lipinski definition) is 2. The van der Waals surface area contributed by atoms with Crippen LogP contribution in [0.2, 0.25) is 0 Å². The first-order valence-corrected chi connectivity index (χ1v) is 10.1. The van der Waals surface area contributed by atoms with Gasteiger partial charge in [-0.05, 0) is 31.7 Å². The zero-order valence-corrected chi connectivity index (χ0v) is 12.8. The quantitative estimate of drug-likeness (QED) is 0.732. The van der Waals surface area contributed by atoms with E-state index in [2.05, 4.69) is 17.0 Å². The Morgan fingerprint density at radius 1 is 1.16 bits per heavy atom. The van der Waals surface area contributed by atoms with Crippen LogP contribution in [0.1, 0.15) is 26.2 Å². The average molecular weight is 310 g/mol. The first-order chi connectivity index (χ1) is 8.78. The molecule has 0 bridgehead atoms. The van der Waals surface area contributed by atoms with Gasteiger partial charge in [-0.25, -0.2) is 21.6 Å². The Labute approximate surface area is 115 Å². The molecule has 0 spiro atoms. The number of sulfone groups is 1. The van der Waals surface area contributed by atoms with Gasteiger partial charge in [0.15, 0.2) is 0 Å². The van der Waals surface area contributed by atoms with Gasteiger partial charge in [-0.3, -0.25) is 0 Å². The molecule has 6 nitrogen and oxygen atoms in total. The summed E-state index contributed by atoms with van der Waals surface area (Å²) in [5.41, 5.74) is 0. The van der Waals surface area contributed by atoms with E-state index in [4.69, 9.17) is 0 Å². The van der Waals surface area contributed by atoms with Crippen molar-refractivity contribution in [1.82, 2.24) is 10.0 Å². The third kappa shape index (κ3) is 4.14. The normalized spacial score (nSPS) is 33.1. The van der Waals surface area contributed by atoms with Crippen molar-refractivity contribution in [2.75, 3.05) is 24.6 Å². The number of hydrogen-bond acceptors (Lipinski definition) is 5. The molecule has 2 heterocycles. The summed E-state index contributed by atoms with van der Waals surface area (Å²) in [5, 5.41) is 2.64. The monoisotopic (exact) mass is 310 g/mol. The van der Waals surface area contributed by atoms with Gasteiger partial charge >= 0.3 is 0 Å². The van der Waals surface area contributed by atoms with Gasteiger partial charge in [0.25, 0.3) is 0 Å². The van der Waals surface area contributed by atoms with E-state index in [1.165, 1.54) is 0 Å². The molecule has 2 aliphatic heterocycles. The maximum atomic E-state index is 12.2. The van der Waals surface area contributed by atoms with E-state index in [0.29, 0.717) is 12.5 Å². The molecular formula is C11H22N2O4S2. The van der Waals surface area contributed by atoms with Crippen molar-refractivity contribution < 1.29 is 16.8 Å². The Morgan fingerprint density at radius 2 is 1.79 bits per heavy atom. The van der Waals surface area contributed by atoms with Crippen molar-refractivity contribution in [3.63, 3.8) is 0 Å². The Morgan fingerprint density at radius 3 is 2.37 bits per heavy atom. The summed E-state index contributed by atoms with van der Waals surface area (Å²) in [6, 6.07) is -0.0766. The van der Waals surface area contributed by atoms with Crippen molar-refractivity contribution in [1.29, 1.82) is 0 Å². The fourth-order valence-electron chi connectivity index (χ4n) is 2.75. The lowest BCUT2D eigenvalue weighted by molar-refractivity contribution is 0.345. The standard InChI is InChI=1S/C11H22N2O4S2/c1-9-6-10(8-12-7-9)13-19(16,17)11-2-4-18(14,15)5-3-11/h9-13H,2-8H2,1H3. The molecule has 19 heavy (non-hydrogen) atoms. The maximum absolute atomic E-state index is 12.2. The third-order valence-electron chi connectivity index (χ3n) is 3.84. The minimum absolute atomic E-state index is 0.0160. The van der Waals surface area contributed by atoms with Crippen LogP contribution in [0.3, 0.4) is 0 Å². The number of nitrogens with one attached hydrogen (secondary N) is 2. The Hall–Kier alpha value is -0.180. The first kappa shape index (κ1) is 15.2. The molecule has 2 fully saturated rings. The van der Waals surface area contributed by atoms with Gasteiger partial charge < -0.3 is 5.32 Å². The maximum Gasteiger partial charge on any atom is 0.214 e. The highest BCUT2D eigenvalue weighted by Crippen LogP contribution is 2.20. The molecule has 0 aliphatic carbocycles. The lowest BCUT2D eigenvalue weighted by Crippen LogP contribution is -2.51. The van der Waals surface area contributed by atoms with Crippen LogP contribution in [0, 0.1) is 5.92 Å². The minimum Gasteiger partial charge on any atom is -0.315 e. The van der Waals surface area contributed by atoms with Crippen LogP contribution in [-0.2, 0) is 19.9 Å². The van der Waals surface area contributed by atoms with E-state index in [-0.39, 0.29) is 30.4 Å². The summed E-state index contributed by atoms with van der Waals surface area (Å²) in [5.74, 6) is 0.420. The Balaban J connectivity index is 1.95. The topological polar surface area (TPSA) is 92.3 Å². The predicted octanol–water partition coefficient (Wildman–Crippen LogP) is -0.519. The van der Waals surface area contributed by atoms with Gasteiger partial charge in [0.05, 0.1) is 16.8 Å². The first-order valence-electron chi connectivity index (χ1n) is 6.71. The molecule has 2 N–H and O–H groups in total. The molecule has 8 heteroatoms. The van der Waals surface area contributed by atoms with E-state index in [1.54, 1.807) is 0 Å². The molecule has 2 atom stereocenters. The fraction of sp³-hybridized carbons (Fsp3) is 1.00.